The molecule has 0 N–H and O–H groups in total. The number of fused-ring (bicyclic) bond motifs is 7. The average Bonchev–Trinajstić information content (AvgIpc) is 2.78. The van der Waals surface area contributed by atoms with Crippen LogP contribution in [0.5, 0.6) is 0 Å². The van der Waals surface area contributed by atoms with Crippen LogP contribution in [0.2, 0.25) is 0 Å². The van der Waals surface area contributed by atoms with Crippen LogP contribution < -0.4 is 0 Å². The van der Waals surface area contributed by atoms with E-state index >= 15 is 0 Å². The fourth-order valence-corrected chi connectivity index (χ4v) is 4.99. The zero-order valence-electron chi connectivity index (χ0n) is 17.1. The van der Waals surface area contributed by atoms with E-state index in [4.69, 9.17) is 4.98 Å². The molecule has 0 unspecified atom stereocenters. The number of rotatable bonds is 1. The molecular formula is C29H21N. The monoisotopic (exact) mass is 383 g/mol. The Morgan fingerprint density at radius 3 is 1.90 bits per heavy atom. The summed E-state index contributed by atoms with van der Waals surface area (Å²) in [6, 6.07) is 32.7. The molecule has 0 fully saturated rings. The van der Waals surface area contributed by atoms with Crippen molar-refractivity contribution in [3.63, 3.8) is 0 Å². The Hall–Kier alpha value is -3.71. The third kappa shape index (κ3) is 2.39. The minimum absolute atomic E-state index is 1.07. The minimum Gasteiger partial charge on any atom is -0.247 e. The van der Waals surface area contributed by atoms with E-state index < -0.39 is 0 Å². The summed E-state index contributed by atoms with van der Waals surface area (Å²) in [6.45, 7) is 4.36. The Labute approximate surface area is 175 Å². The Balaban J connectivity index is 2.01. The topological polar surface area (TPSA) is 12.9 Å². The molecule has 0 aliphatic rings. The van der Waals surface area contributed by atoms with Crippen LogP contribution in [0.3, 0.4) is 0 Å². The SMILES string of the molecule is Cc1cc(C)c2c(-c3ccccc3)c3c4ccccc4c4ccccc4c3nc2c1. The Morgan fingerprint density at radius 1 is 0.567 bits per heavy atom. The second-order valence-electron chi connectivity index (χ2n) is 8.14. The molecule has 1 nitrogen and oxygen atoms in total. The maximum atomic E-state index is 5.26. The number of aryl methyl sites for hydroxylation is 2. The second kappa shape index (κ2) is 6.40. The van der Waals surface area contributed by atoms with E-state index in [0.29, 0.717) is 0 Å². The predicted molar refractivity (Wildman–Crippen MR) is 129 cm³/mol. The van der Waals surface area contributed by atoms with Gasteiger partial charge in [0.05, 0.1) is 11.0 Å². The van der Waals surface area contributed by atoms with Gasteiger partial charge in [-0.3, -0.25) is 0 Å². The summed E-state index contributed by atoms with van der Waals surface area (Å²) in [4.78, 5) is 5.26. The van der Waals surface area contributed by atoms with Crippen LogP contribution in [-0.2, 0) is 0 Å². The van der Waals surface area contributed by atoms with E-state index in [1.54, 1.807) is 0 Å². The molecule has 0 saturated carbocycles. The van der Waals surface area contributed by atoms with Gasteiger partial charge < -0.3 is 0 Å². The van der Waals surface area contributed by atoms with Gasteiger partial charge in [-0.05, 0) is 52.8 Å². The molecule has 142 valence electrons. The van der Waals surface area contributed by atoms with Gasteiger partial charge in [-0.15, -0.1) is 0 Å². The molecule has 0 spiro atoms. The van der Waals surface area contributed by atoms with Crippen molar-refractivity contribution in [2.45, 2.75) is 13.8 Å². The highest BCUT2D eigenvalue weighted by Crippen LogP contribution is 2.43. The zero-order chi connectivity index (χ0) is 20.2. The van der Waals surface area contributed by atoms with Crippen LogP contribution in [0.25, 0.3) is 54.5 Å². The summed E-state index contributed by atoms with van der Waals surface area (Å²) in [5.41, 5.74) is 7.20. The summed E-state index contributed by atoms with van der Waals surface area (Å²) < 4.78 is 0. The molecule has 0 aliphatic heterocycles. The standard InChI is InChI=1S/C29H21N/c1-18-16-19(2)26-25(17-18)30-29-24-15-9-7-13-22(24)21-12-6-8-14-23(21)28(29)27(26)20-10-4-3-5-11-20/h3-17H,1-2H3. The van der Waals surface area contributed by atoms with Gasteiger partial charge in [0.15, 0.2) is 0 Å². The molecule has 5 aromatic carbocycles. The molecule has 0 amide bonds. The van der Waals surface area contributed by atoms with Crippen LogP contribution in [0.4, 0.5) is 0 Å². The first-order chi connectivity index (χ1) is 14.7. The number of hydrogen-bond donors (Lipinski definition) is 0. The van der Waals surface area contributed by atoms with Crippen LogP contribution >= 0.6 is 0 Å². The van der Waals surface area contributed by atoms with Crippen molar-refractivity contribution in [3.8, 4) is 11.1 Å². The molecule has 0 radical (unpaired) electrons. The van der Waals surface area contributed by atoms with E-state index in [-0.39, 0.29) is 0 Å². The lowest BCUT2D eigenvalue weighted by Gasteiger charge is -2.18. The molecule has 6 rings (SSSR count). The second-order valence-corrected chi connectivity index (χ2v) is 8.14. The largest absolute Gasteiger partial charge is 0.247 e. The summed E-state index contributed by atoms with van der Waals surface area (Å²) >= 11 is 0. The van der Waals surface area contributed by atoms with Gasteiger partial charge >= 0.3 is 0 Å². The third-order valence-electron chi connectivity index (χ3n) is 6.16. The normalized spacial score (nSPS) is 11.7. The molecule has 1 heteroatoms. The van der Waals surface area contributed by atoms with Crippen LogP contribution in [0.1, 0.15) is 11.1 Å². The van der Waals surface area contributed by atoms with Crippen molar-refractivity contribution < 1.29 is 0 Å². The van der Waals surface area contributed by atoms with Crippen molar-refractivity contribution in [1.29, 1.82) is 0 Å². The third-order valence-corrected chi connectivity index (χ3v) is 6.16. The first kappa shape index (κ1) is 17.2. The van der Waals surface area contributed by atoms with Crippen LogP contribution in [0, 0.1) is 13.8 Å². The number of pyridine rings is 1. The lowest BCUT2D eigenvalue weighted by atomic mass is 9.88. The smallest absolute Gasteiger partial charge is 0.0800 e. The molecule has 0 atom stereocenters. The van der Waals surface area contributed by atoms with Gasteiger partial charge in [0.25, 0.3) is 0 Å². The number of aromatic nitrogens is 1. The lowest BCUT2D eigenvalue weighted by Crippen LogP contribution is -1.95. The average molecular weight is 383 g/mol. The van der Waals surface area contributed by atoms with Gasteiger partial charge in [0.1, 0.15) is 0 Å². The fraction of sp³-hybridized carbons (Fsp3) is 0.0690. The van der Waals surface area contributed by atoms with E-state index in [1.165, 1.54) is 54.6 Å². The van der Waals surface area contributed by atoms with E-state index in [9.17, 15) is 0 Å². The molecule has 0 bridgehead atoms. The molecule has 0 saturated heterocycles. The summed E-state index contributed by atoms with van der Waals surface area (Å²) in [5.74, 6) is 0. The van der Waals surface area contributed by atoms with Crippen molar-refractivity contribution in [3.05, 3.63) is 102 Å². The van der Waals surface area contributed by atoms with Crippen molar-refractivity contribution in [2.24, 2.45) is 0 Å². The van der Waals surface area contributed by atoms with Crippen molar-refractivity contribution >= 4 is 43.4 Å². The van der Waals surface area contributed by atoms with E-state index in [2.05, 4.69) is 105 Å². The van der Waals surface area contributed by atoms with Gasteiger partial charge in [0.2, 0.25) is 0 Å². The number of nitrogens with zero attached hydrogens (tertiary/aromatic N) is 1. The number of benzene rings is 5. The van der Waals surface area contributed by atoms with Crippen molar-refractivity contribution in [2.75, 3.05) is 0 Å². The van der Waals surface area contributed by atoms with Gasteiger partial charge in [-0.2, -0.15) is 0 Å². The van der Waals surface area contributed by atoms with Crippen LogP contribution in [0.15, 0.2) is 91.0 Å². The number of hydrogen-bond acceptors (Lipinski definition) is 1. The quantitative estimate of drug-likeness (QED) is 0.207. The maximum absolute atomic E-state index is 5.26. The summed E-state index contributed by atoms with van der Waals surface area (Å²) in [5, 5.41) is 7.51. The molecule has 1 heterocycles. The van der Waals surface area contributed by atoms with Crippen LogP contribution in [-0.4, -0.2) is 4.98 Å². The minimum atomic E-state index is 1.07. The Kier molecular flexibility index (Phi) is 3.66. The molecule has 1 aromatic heterocycles. The molecule has 30 heavy (non-hydrogen) atoms. The predicted octanol–water partition coefficient (Wildman–Crippen LogP) is 7.98. The Bertz CT molecular complexity index is 1590. The summed E-state index contributed by atoms with van der Waals surface area (Å²) in [6.07, 6.45) is 0. The van der Waals surface area contributed by atoms with Gasteiger partial charge in [0, 0.05) is 21.7 Å². The molecular weight excluding hydrogens is 362 g/mol. The zero-order valence-corrected chi connectivity index (χ0v) is 17.1. The highest BCUT2D eigenvalue weighted by Gasteiger charge is 2.18. The van der Waals surface area contributed by atoms with E-state index in [0.717, 1.165) is 11.0 Å². The summed E-state index contributed by atoms with van der Waals surface area (Å²) in [7, 11) is 0. The van der Waals surface area contributed by atoms with E-state index in [1.807, 2.05) is 0 Å². The fourth-order valence-electron chi connectivity index (χ4n) is 4.99. The lowest BCUT2D eigenvalue weighted by molar-refractivity contribution is 1.40. The molecule has 6 aromatic rings. The van der Waals surface area contributed by atoms with Gasteiger partial charge in [-0.1, -0.05) is 84.9 Å². The Morgan fingerprint density at radius 2 is 1.17 bits per heavy atom. The first-order valence-corrected chi connectivity index (χ1v) is 10.4. The van der Waals surface area contributed by atoms with Crippen molar-refractivity contribution in [1.82, 2.24) is 4.98 Å². The molecule has 0 aliphatic carbocycles. The van der Waals surface area contributed by atoms with Gasteiger partial charge in [-0.25, -0.2) is 4.98 Å². The highest BCUT2D eigenvalue weighted by atomic mass is 14.7. The highest BCUT2D eigenvalue weighted by molar-refractivity contribution is 6.30. The first-order valence-electron chi connectivity index (χ1n) is 10.4. The maximum Gasteiger partial charge on any atom is 0.0800 e.